The van der Waals surface area contributed by atoms with Gasteiger partial charge >= 0.3 is 5.97 Å². The topological polar surface area (TPSA) is 50.4 Å². The molecule has 2 N–H and O–H groups in total. The summed E-state index contributed by atoms with van der Waals surface area (Å²) in [5, 5.41) is 6.79. The van der Waals surface area contributed by atoms with Crippen molar-refractivity contribution in [3.05, 3.63) is 71.8 Å². The number of carbonyl (C=O) groups is 1. The lowest BCUT2D eigenvalue weighted by Gasteiger charge is -2.22. The summed E-state index contributed by atoms with van der Waals surface area (Å²) in [4.78, 5) is 12.5. The number of esters is 1. The molecule has 0 amide bonds. The maximum absolute atomic E-state index is 12.5. The molecule has 24 heavy (non-hydrogen) atoms. The third-order valence-corrected chi connectivity index (χ3v) is 3.99. The van der Waals surface area contributed by atoms with Gasteiger partial charge in [0.1, 0.15) is 5.60 Å². The highest BCUT2D eigenvalue weighted by molar-refractivity contribution is 5.76. The molecule has 0 aromatic heterocycles. The number of nitrogens with one attached hydrogen (secondary N) is 2. The normalized spacial score (nSPS) is 21.6. The van der Waals surface area contributed by atoms with Crippen molar-refractivity contribution in [3.63, 3.8) is 0 Å². The Bertz CT molecular complexity index is 632. The van der Waals surface area contributed by atoms with Crippen LogP contribution in [0.1, 0.15) is 44.0 Å². The van der Waals surface area contributed by atoms with E-state index in [-0.39, 0.29) is 18.1 Å². The number of rotatable bonds is 3. The van der Waals surface area contributed by atoms with E-state index in [0.717, 1.165) is 11.1 Å². The standard InChI is InChI=1S/C20H24N2O2/c1-20(2,3)24-19(23)18-21-16(14-10-6-4-7-11-14)17(22-18)15-12-8-5-9-13-15/h4-13,16-18,21-22H,1-3H3/t16-,17-/m1/s1. The summed E-state index contributed by atoms with van der Waals surface area (Å²) in [6, 6.07) is 20.4. The minimum Gasteiger partial charge on any atom is -0.458 e. The fraction of sp³-hybridized carbons (Fsp3) is 0.350. The molecule has 3 rings (SSSR count). The Morgan fingerprint density at radius 2 is 1.25 bits per heavy atom. The van der Waals surface area contributed by atoms with Crippen molar-refractivity contribution in [1.29, 1.82) is 0 Å². The molecule has 126 valence electrons. The molecule has 0 aliphatic carbocycles. The van der Waals surface area contributed by atoms with Crippen molar-refractivity contribution in [2.45, 2.75) is 44.6 Å². The molecule has 0 unspecified atom stereocenters. The van der Waals surface area contributed by atoms with E-state index in [9.17, 15) is 4.79 Å². The van der Waals surface area contributed by atoms with Crippen molar-refractivity contribution in [3.8, 4) is 0 Å². The zero-order valence-corrected chi connectivity index (χ0v) is 14.3. The SMILES string of the molecule is CC(C)(C)OC(=O)C1N[C@H](c2ccccc2)[C@@H](c2ccccc2)N1. The summed E-state index contributed by atoms with van der Waals surface area (Å²) in [5.41, 5.74) is 1.78. The van der Waals surface area contributed by atoms with E-state index in [0.29, 0.717) is 0 Å². The highest BCUT2D eigenvalue weighted by atomic mass is 16.6. The van der Waals surface area contributed by atoms with Gasteiger partial charge in [0.2, 0.25) is 0 Å². The third kappa shape index (κ3) is 3.83. The van der Waals surface area contributed by atoms with Crippen molar-refractivity contribution >= 4 is 5.97 Å². The molecule has 2 aromatic rings. The van der Waals surface area contributed by atoms with Crippen molar-refractivity contribution in [1.82, 2.24) is 10.6 Å². The lowest BCUT2D eigenvalue weighted by atomic mass is 9.95. The summed E-state index contributed by atoms with van der Waals surface area (Å²) >= 11 is 0. The minimum atomic E-state index is -0.528. The monoisotopic (exact) mass is 324 g/mol. The van der Waals surface area contributed by atoms with E-state index < -0.39 is 11.8 Å². The number of benzene rings is 2. The van der Waals surface area contributed by atoms with Crippen LogP contribution in [0.5, 0.6) is 0 Å². The molecule has 1 fully saturated rings. The van der Waals surface area contributed by atoms with Crippen LogP contribution in [-0.2, 0) is 9.53 Å². The van der Waals surface area contributed by atoms with Crippen molar-refractivity contribution < 1.29 is 9.53 Å². The molecule has 0 bridgehead atoms. The van der Waals surface area contributed by atoms with E-state index in [1.54, 1.807) is 0 Å². The number of carbonyl (C=O) groups excluding carboxylic acids is 1. The maximum Gasteiger partial charge on any atom is 0.338 e. The summed E-state index contributed by atoms with van der Waals surface area (Å²) in [6.07, 6.45) is -0.528. The Morgan fingerprint density at radius 1 is 0.833 bits per heavy atom. The zero-order chi connectivity index (χ0) is 17.2. The largest absolute Gasteiger partial charge is 0.458 e. The van der Waals surface area contributed by atoms with E-state index in [1.807, 2.05) is 57.2 Å². The predicted molar refractivity (Wildman–Crippen MR) is 94.3 cm³/mol. The molecule has 1 saturated heterocycles. The second-order valence-electron chi connectivity index (χ2n) is 7.08. The van der Waals surface area contributed by atoms with Crippen LogP contribution < -0.4 is 10.6 Å². The molecular formula is C20H24N2O2. The van der Waals surface area contributed by atoms with E-state index in [1.165, 1.54) is 0 Å². The minimum absolute atomic E-state index is 0.00567. The molecule has 0 radical (unpaired) electrons. The average Bonchev–Trinajstić information content (AvgIpc) is 3.00. The number of hydrogen-bond donors (Lipinski definition) is 2. The second-order valence-corrected chi connectivity index (χ2v) is 7.08. The van der Waals surface area contributed by atoms with Gasteiger partial charge in [-0.2, -0.15) is 0 Å². The molecule has 1 heterocycles. The quantitative estimate of drug-likeness (QED) is 0.850. The first-order valence-corrected chi connectivity index (χ1v) is 8.29. The summed E-state index contributed by atoms with van der Waals surface area (Å²) in [6.45, 7) is 5.63. The fourth-order valence-corrected chi connectivity index (χ4v) is 2.99. The summed E-state index contributed by atoms with van der Waals surface area (Å²) in [5.74, 6) is -0.276. The van der Waals surface area contributed by atoms with E-state index in [4.69, 9.17) is 4.74 Å². The number of hydrogen-bond acceptors (Lipinski definition) is 4. The molecule has 1 aliphatic heterocycles. The van der Waals surface area contributed by atoms with Gasteiger partial charge in [0.05, 0.1) is 12.1 Å². The van der Waals surface area contributed by atoms with Crippen molar-refractivity contribution in [2.75, 3.05) is 0 Å². The van der Waals surface area contributed by atoms with Crippen LogP contribution in [-0.4, -0.2) is 17.7 Å². The second kappa shape index (κ2) is 6.75. The smallest absolute Gasteiger partial charge is 0.338 e. The van der Waals surface area contributed by atoms with Gasteiger partial charge in [-0.05, 0) is 31.9 Å². The van der Waals surface area contributed by atoms with Gasteiger partial charge in [0, 0.05) is 0 Å². The van der Waals surface area contributed by atoms with E-state index >= 15 is 0 Å². The third-order valence-electron chi connectivity index (χ3n) is 3.99. The Balaban J connectivity index is 1.86. The van der Waals surface area contributed by atoms with Crippen LogP contribution in [0.25, 0.3) is 0 Å². The van der Waals surface area contributed by atoms with Crippen molar-refractivity contribution in [2.24, 2.45) is 0 Å². The lowest BCUT2D eigenvalue weighted by Crippen LogP contribution is -2.44. The van der Waals surface area contributed by atoms with Gasteiger partial charge in [0.15, 0.2) is 6.17 Å². The van der Waals surface area contributed by atoms with Gasteiger partial charge in [-0.15, -0.1) is 0 Å². The molecule has 2 atom stereocenters. The Morgan fingerprint density at radius 3 is 1.62 bits per heavy atom. The van der Waals surface area contributed by atoms with Gasteiger partial charge < -0.3 is 4.74 Å². The van der Waals surface area contributed by atoms with Crippen LogP contribution in [0.3, 0.4) is 0 Å². The maximum atomic E-state index is 12.5. The van der Waals surface area contributed by atoms with Gasteiger partial charge in [-0.1, -0.05) is 60.7 Å². The summed E-state index contributed by atoms with van der Waals surface area (Å²) in [7, 11) is 0. The molecular weight excluding hydrogens is 300 g/mol. The van der Waals surface area contributed by atoms with Crippen LogP contribution in [0.4, 0.5) is 0 Å². The molecule has 0 saturated carbocycles. The van der Waals surface area contributed by atoms with Crippen LogP contribution >= 0.6 is 0 Å². The molecule has 4 heteroatoms. The average molecular weight is 324 g/mol. The van der Waals surface area contributed by atoms with Crippen LogP contribution in [0, 0.1) is 0 Å². The highest BCUT2D eigenvalue weighted by Gasteiger charge is 2.39. The fourth-order valence-electron chi connectivity index (χ4n) is 2.99. The van der Waals surface area contributed by atoms with Gasteiger partial charge in [-0.25, -0.2) is 4.79 Å². The highest BCUT2D eigenvalue weighted by Crippen LogP contribution is 2.33. The first kappa shape index (κ1) is 16.7. The Labute approximate surface area is 143 Å². The van der Waals surface area contributed by atoms with Crippen LogP contribution in [0.15, 0.2) is 60.7 Å². The van der Waals surface area contributed by atoms with Crippen LogP contribution in [0.2, 0.25) is 0 Å². The summed E-state index contributed by atoms with van der Waals surface area (Å²) < 4.78 is 5.53. The number of ether oxygens (including phenoxy) is 1. The predicted octanol–water partition coefficient (Wildman–Crippen LogP) is 3.33. The Kier molecular flexibility index (Phi) is 4.69. The molecule has 1 aliphatic rings. The first-order chi connectivity index (χ1) is 11.4. The van der Waals surface area contributed by atoms with Gasteiger partial charge in [-0.3, -0.25) is 10.6 Å². The first-order valence-electron chi connectivity index (χ1n) is 8.29. The van der Waals surface area contributed by atoms with Gasteiger partial charge in [0.25, 0.3) is 0 Å². The Hall–Kier alpha value is -2.17. The molecule has 2 aromatic carbocycles. The zero-order valence-electron chi connectivity index (χ0n) is 14.3. The molecule has 0 spiro atoms. The lowest BCUT2D eigenvalue weighted by molar-refractivity contribution is -0.157. The van der Waals surface area contributed by atoms with E-state index in [2.05, 4.69) is 34.9 Å². The molecule has 4 nitrogen and oxygen atoms in total.